The average molecular weight is 469 g/mol. The zero-order chi connectivity index (χ0) is 24.4. The molecule has 2 fully saturated rings. The number of benzene rings is 2. The maximum absolute atomic E-state index is 10.4. The number of allylic oxidation sites excluding steroid dienone is 2. The van der Waals surface area contributed by atoms with Gasteiger partial charge in [-0.2, -0.15) is 0 Å². The third kappa shape index (κ3) is 6.18. The summed E-state index contributed by atoms with van der Waals surface area (Å²) < 4.78 is 0. The van der Waals surface area contributed by atoms with E-state index in [-0.39, 0.29) is 0 Å². The monoisotopic (exact) mass is 468 g/mol. The van der Waals surface area contributed by atoms with Gasteiger partial charge in [-0.15, -0.1) is 0 Å². The predicted octanol–water partition coefficient (Wildman–Crippen LogP) is 8.77. The highest BCUT2D eigenvalue weighted by Crippen LogP contribution is 2.46. The molecule has 0 bridgehead atoms. The molecule has 0 aliphatic heterocycles. The molecule has 2 saturated carbocycles. The summed E-state index contributed by atoms with van der Waals surface area (Å²) in [6, 6.07) is 16.3. The Labute approximate surface area is 213 Å². The van der Waals surface area contributed by atoms with E-state index < -0.39 is 5.60 Å². The molecule has 0 aromatic heterocycles. The summed E-state index contributed by atoms with van der Waals surface area (Å²) in [5, 5.41) is 10.4. The Bertz CT molecular complexity index is 1060. The van der Waals surface area contributed by atoms with Crippen LogP contribution in [0.2, 0.25) is 0 Å². The van der Waals surface area contributed by atoms with Gasteiger partial charge in [-0.25, -0.2) is 0 Å². The second kappa shape index (κ2) is 10.5. The lowest BCUT2D eigenvalue weighted by molar-refractivity contribution is 0.171. The first-order valence-electron chi connectivity index (χ1n) is 14.2. The zero-order valence-corrected chi connectivity index (χ0v) is 22.0. The van der Waals surface area contributed by atoms with Crippen LogP contribution >= 0.6 is 0 Å². The van der Waals surface area contributed by atoms with Crippen LogP contribution < -0.4 is 0 Å². The molecular weight excluding hydrogens is 424 g/mol. The fourth-order valence-electron chi connectivity index (χ4n) is 6.12. The van der Waals surface area contributed by atoms with Gasteiger partial charge in [0.25, 0.3) is 0 Å². The Morgan fingerprint density at radius 2 is 1.77 bits per heavy atom. The molecule has 0 spiro atoms. The van der Waals surface area contributed by atoms with Crippen molar-refractivity contribution < 1.29 is 5.11 Å². The van der Waals surface area contributed by atoms with Gasteiger partial charge in [-0.3, -0.25) is 0 Å². The first-order chi connectivity index (χ1) is 16.9. The van der Waals surface area contributed by atoms with Gasteiger partial charge in [0, 0.05) is 0 Å². The highest BCUT2D eigenvalue weighted by Gasteiger charge is 2.45. The molecule has 35 heavy (non-hydrogen) atoms. The normalized spacial score (nSPS) is 22.6. The number of aliphatic hydroxyl groups is 1. The molecule has 0 radical (unpaired) electrons. The van der Waals surface area contributed by atoms with Crippen molar-refractivity contribution in [2.45, 2.75) is 96.5 Å². The molecule has 2 atom stereocenters. The SMILES string of the molecule is C=C(C1CCC=C(Cc2ccc(-c3ccc(C)c(CCC(C)C4CC4)c3)cc2)CCC1)C1(O)CC1. The quantitative estimate of drug-likeness (QED) is 0.365. The lowest BCUT2D eigenvalue weighted by Crippen LogP contribution is -2.19. The van der Waals surface area contributed by atoms with Crippen molar-refractivity contribution in [3.8, 4) is 11.1 Å². The van der Waals surface area contributed by atoms with Gasteiger partial charge in [0.1, 0.15) is 0 Å². The Kier molecular flexibility index (Phi) is 7.35. The molecule has 1 heteroatoms. The van der Waals surface area contributed by atoms with E-state index in [1.165, 1.54) is 72.8 Å². The van der Waals surface area contributed by atoms with E-state index in [0.29, 0.717) is 5.92 Å². The average Bonchev–Trinajstić information content (AvgIpc) is 3.77. The maximum atomic E-state index is 10.4. The minimum atomic E-state index is -0.522. The molecule has 2 unspecified atom stereocenters. The van der Waals surface area contributed by atoms with Crippen molar-refractivity contribution in [1.29, 1.82) is 0 Å². The van der Waals surface area contributed by atoms with E-state index in [1.54, 1.807) is 5.57 Å². The smallest absolute Gasteiger partial charge is 0.0859 e. The van der Waals surface area contributed by atoms with Gasteiger partial charge in [0.2, 0.25) is 0 Å². The molecule has 0 heterocycles. The van der Waals surface area contributed by atoms with E-state index in [0.717, 1.165) is 49.5 Å². The second-order valence-electron chi connectivity index (χ2n) is 12.0. The van der Waals surface area contributed by atoms with Gasteiger partial charge in [0.15, 0.2) is 0 Å². The summed E-state index contributed by atoms with van der Waals surface area (Å²) in [6.07, 6.45) is 16.6. The van der Waals surface area contributed by atoms with Crippen molar-refractivity contribution >= 4 is 0 Å². The van der Waals surface area contributed by atoms with Crippen LogP contribution in [0.25, 0.3) is 11.1 Å². The van der Waals surface area contributed by atoms with Crippen molar-refractivity contribution in [2.75, 3.05) is 0 Å². The third-order valence-electron chi connectivity index (χ3n) is 9.18. The van der Waals surface area contributed by atoms with Crippen LogP contribution in [-0.4, -0.2) is 10.7 Å². The van der Waals surface area contributed by atoms with Crippen molar-refractivity contribution in [3.05, 3.63) is 83.0 Å². The standard InChI is InChI=1S/C34H44O/c1-24(29-18-19-29)10-14-32-23-33(15-11-25(32)2)31-16-12-28(13-17-31)22-27-6-4-8-30(9-5-7-27)26(3)34(35)20-21-34/h6,11-13,15-17,23-24,29-30,35H,3-5,7-10,14,18-22H2,1-2H3. The summed E-state index contributed by atoms with van der Waals surface area (Å²) in [6.45, 7) is 8.97. The van der Waals surface area contributed by atoms with Gasteiger partial charge < -0.3 is 5.11 Å². The summed E-state index contributed by atoms with van der Waals surface area (Å²) in [5.41, 5.74) is 9.22. The van der Waals surface area contributed by atoms with Crippen molar-refractivity contribution in [1.82, 2.24) is 0 Å². The first-order valence-corrected chi connectivity index (χ1v) is 14.2. The first kappa shape index (κ1) is 24.6. The molecule has 3 aliphatic carbocycles. The molecule has 0 amide bonds. The van der Waals surface area contributed by atoms with Crippen LogP contribution in [0.4, 0.5) is 0 Å². The zero-order valence-electron chi connectivity index (χ0n) is 22.0. The number of hydrogen-bond acceptors (Lipinski definition) is 1. The lowest BCUT2D eigenvalue weighted by Gasteiger charge is -2.25. The van der Waals surface area contributed by atoms with Crippen molar-refractivity contribution in [3.63, 3.8) is 0 Å². The van der Waals surface area contributed by atoms with Gasteiger partial charge >= 0.3 is 0 Å². The molecule has 1 nitrogen and oxygen atoms in total. The minimum absolute atomic E-state index is 0.496. The molecule has 186 valence electrons. The predicted molar refractivity (Wildman–Crippen MR) is 149 cm³/mol. The highest BCUT2D eigenvalue weighted by molar-refractivity contribution is 5.65. The van der Waals surface area contributed by atoms with E-state index in [1.807, 2.05) is 0 Å². The Balaban J connectivity index is 1.18. The van der Waals surface area contributed by atoms with Gasteiger partial charge in [-0.1, -0.05) is 67.6 Å². The third-order valence-corrected chi connectivity index (χ3v) is 9.18. The van der Waals surface area contributed by atoms with Crippen LogP contribution in [0.15, 0.2) is 66.3 Å². The Morgan fingerprint density at radius 1 is 1.03 bits per heavy atom. The molecule has 5 rings (SSSR count). The minimum Gasteiger partial charge on any atom is -0.386 e. The fraction of sp³-hybridized carbons (Fsp3) is 0.529. The maximum Gasteiger partial charge on any atom is 0.0859 e. The lowest BCUT2D eigenvalue weighted by atomic mass is 9.83. The van der Waals surface area contributed by atoms with E-state index in [4.69, 9.17) is 0 Å². The summed E-state index contributed by atoms with van der Waals surface area (Å²) >= 11 is 0. The molecule has 0 saturated heterocycles. The van der Waals surface area contributed by atoms with Crippen LogP contribution in [0, 0.1) is 24.7 Å². The van der Waals surface area contributed by atoms with Gasteiger partial charge in [0.05, 0.1) is 5.60 Å². The second-order valence-corrected chi connectivity index (χ2v) is 12.0. The molecule has 1 N–H and O–H groups in total. The molecule has 2 aromatic rings. The van der Waals surface area contributed by atoms with E-state index in [9.17, 15) is 5.11 Å². The summed E-state index contributed by atoms with van der Waals surface area (Å²) in [4.78, 5) is 0. The van der Waals surface area contributed by atoms with Crippen LogP contribution in [-0.2, 0) is 12.8 Å². The number of hydrogen-bond donors (Lipinski definition) is 1. The molecular formula is C34H44O. The highest BCUT2D eigenvalue weighted by atomic mass is 16.3. The van der Waals surface area contributed by atoms with Crippen LogP contribution in [0.1, 0.15) is 87.8 Å². The summed E-state index contributed by atoms with van der Waals surface area (Å²) in [7, 11) is 0. The summed E-state index contributed by atoms with van der Waals surface area (Å²) in [5.74, 6) is 2.36. The van der Waals surface area contributed by atoms with E-state index >= 15 is 0 Å². The Hall–Kier alpha value is -2.12. The topological polar surface area (TPSA) is 20.2 Å². The number of rotatable bonds is 9. The molecule has 2 aromatic carbocycles. The fourth-order valence-corrected chi connectivity index (χ4v) is 6.12. The van der Waals surface area contributed by atoms with Crippen molar-refractivity contribution in [2.24, 2.45) is 17.8 Å². The number of aryl methyl sites for hydroxylation is 2. The van der Waals surface area contributed by atoms with E-state index in [2.05, 4.69) is 69.0 Å². The van der Waals surface area contributed by atoms with Crippen LogP contribution in [0.5, 0.6) is 0 Å². The van der Waals surface area contributed by atoms with Crippen LogP contribution in [0.3, 0.4) is 0 Å². The Morgan fingerprint density at radius 3 is 2.49 bits per heavy atom. The van der Waals surface area contributed by atoms with Gasteiger partial charge in [-0.05, 0) is 135 Å². The molecule has 3 aliphatic rings. The largest absolute Gasteiger partial charge is 0.386 e.